The molecule has 1 unspecified atom stereocenters. The molecule has 5 heteroatoms. The first-order valence-electron chi connectivity index (χ1n) is 6.12. The summed E-state index contributed by atoms with van der Waals surface area (Å²) in [5.74, 6) is 0.0202. The van der Waals surface area contributed by atoms with Crippen molar-refractivity contribution in [3.63, 3.8) is 0 Å². The highest BCUT2D eigenvalue weighted by atomic mass is 32.2. The van der Waals surface area contributed by atoms with E-state index in [1.807, 2.05) is 25.2 Å². The summed E-state index contributed by atoms with van der Waals surface area (Å²) in [4.78, 5) is 11.6. The van der Waals surface area contributed by atoms with E-state index in [2.05, 4.69) is 5.32 Å². The molecule has 0 aromatic carbocycles. The summed E-state index contributed by atoms with van der Waals surface area (Å²) in [6.07, 6.45) is 12.1. The van der Waals surface area contributed by atoms with Gasteiger partial charge >= 0.3 is 0 Å². The molecule has 1 amide bonds. The van der Waals surface area contributed by atoms with E-state index in [9.17, 15) is 9.00 Å². The Hall–Kier alpha value is -1.07. The highest BCUT2D eigenvalue weighted by Gasteiger charge is 2.40. The fourth-order valence-electron chi connectivity index (χ4n) is 1.53. The molecule has 0 aromatic rings. The third-order valence-electron chi connectivity index (χ3n) is 2.65. The summed E-state index contributed by atoms with van der Waals surface area (Å²) >= 11 is 0. The highest BCUT2D eigenvalue weighted by molar-refractivity contribution is 7.98. The summed E-state index contributed by atoms with van der Waals surface area (Å²) in [5.41, 5.74) is -0.238. The molecule has 0 aliphatic heterocycles. The standard InChI is InChI=1S/C13H22N2O2S/c1-3-4-5-7-12(16)15-13(9-10-13)8-6-11-18(2,14)17/h4-6,8,11H,3,7,9-10H2,1-2H3,(H2,14,17)(H,15,16). The number of hydrogen-bond donors (Lipinski definition) is 2. The molecular formula is C13H22N2O2S. The van der Waals surface area contributed by atoms with Gasteiger partial charge in [0, 0.05) is 27.8 Å². The van der Waals surface area contributed by atoms with Crippen LogP contribution < -0.4 is 10.5 Å². The van der Waals surface area contributed by atoms with Crippen molar-refractivity contribution in [1.82, 2.24) is 5.32 Å². The van der Waals surface area contributed by atoms with Gasteiger partial charge in [0.25, 0.3) is 0 Å². The van der Waals surface area contributed by atoms with E-state index in [-0.39, 0.29) is 11.4 Å². The molecule has 1 aliphatic carbocycles. The number of carbonyl (C=O) groups excluding carboxylic acids is 1. The number of rotatable bonds is 6. The van der Waals surface area contributed by atoms with Crippen molar-refractivity contribution in [2.75, 3.05) is 6.26 Å². The van der Waals surface area contributed by atoms with Crippen LogP contribution in [-0.2, 0) is 14.5 Å². The Morgan fingerprint density at radius 2 is 2.11 bits per heavy atom. The molecular weight excluding hydrogens is 248 g/mol. The van der Waals surface area contributed by atoms with Gasteiger partial charge in [-0.2, -0.15) is 0 Å². The normalized spacial score (nSPS) is 20.8. The maximum Gasteiger partial charge on any atom is 0.224 e. The van der Waals surface area contributed by atoms with Gasteiger partial charge in [-0.3, -0.25) is 14.1 Å². The number of carbonyl (C=O) groups is 1. The van der Waals surface area contributed by atoms with Gasteiger partial charge in [-0.25, -0.2) is 0 Å². The summed E-state index contributed by atoms with van der Waals surface area (Å²) < 4.78 is 11.3. The van der Waals surface area contributed by atoms with Crippen LogP contribution in [0.25, 0.3) is 0 Å². The fraction of sp³-hybridized carbons (Fsp3) is 0.538. The number of amides is 1. The molecule has 1 atom stereocenters. The minimum atomic E-state index is -2.35. The fourth-order valence-corrected chi connectivity index (χ4v) is 1.92. The van der Waals surface area contributed by atoms with E-state index in [0.29, 0.717) is 6.42 Å². The molecule has 0 radical (unpaired) electrons. The van der Waals surface area contributed by atoms with Gasteiger partial charge in [-0.1, -0.05) is 31.2 Å². The van der Waals surface area contributed by atoms with Gasteiger partial charge in [-0.05, 0) is 19.3 Å². The maximum atomic E-state index is 11.6. The first-order chi connectivity index (χ1) is 8.37. The molecule has 0 bridgehead atoms. The highest BCUT2D eigenvalue weighted by Crippen LogP contribution is 2.36. The lowest BCUT2D eigenvalue weighted by Gasteiger charge is -2.11. The Morgan fingerprint density at radius 1 is 1.44 bits per heavy atom. The lowest BCUT2D eigenvalue weighted by atomic mass is 10.2. The molecule has 0 spiro atoms. The Balaban J connectivity index is 2.49. The molecule has 0 saturated heterocycles. The van der Waals surface area contributed by atoms with Crippen LogP contribution in [0.2, 0.25) is 0 Å². The van der Waals surface area contributed by atoms with Crippen LogP contribution in [-0.4, -0.2) is 27.3 Å². The summed E-state index contributed by atoms with van der Waals surface area (Å²) in [5, 5.41) is 9.86. The first kappa shape index (κ1) is 15.0. The quantitative estimate of drug-likeness (QED) is 0.431. The SMILES string of the molecule is CCC=CCC(=O)NC1(C=CC=S(C)(N)=O)CC1. The lowest BCUT2D eigenvalue weighted by Crippen LogP contribution is -2.34. The van der Waals surface area contributed by atoms with Gasteiger partial charge in [0.1, 0.15) is 0 Å². The molecule has 18 heavy (non-hydrogen) atoms. The Labute approximate surface area is 109 Å². The molecule has 4 nitrogen and oxygen atoms in total. The second kappa shape index (κ2) is 6.20. The maximum absolute atomic E-state index is 11.6. The van der Waals surface area contributed by atoms with E-state index in [0.717, 1.165) is 19.3 Å². The van der Waals surface area contributed by atoms with Crippen molar-refractivity contribution < 1.29 is 9.00 Å². The van der Waals surface area contributed by atoms with Gasteiger partial charge in [0.15, 0.2) is 0 Å². The van der Waals surface area contributed by atoms with E-state index in [4.69, 9.17) is 5.14 Å². The average molecular weight is 270 g/mol. The summed E-state index contributed by atoms with van der Waals surface area (Å²) in [6, 6.07) is 0. The van der Waals surface area contributed by atoms with Crippen LogP contribution in [0.1, 0.15) is 32.6 Å². The van der Waals surface area contributed by atoms with Gasteiger partial charge in [0.2, 0.25) is 5.91 Å². The van der Waals surface area contributed by atoms with Crippen LogP contribution >= 0.6 is 0 Å². The smallest absolute Gasteiger partial charge is 0.224 e. The molecule has 1 rings (SSSR count). The van der Waals surface area contributed by atoms with Crippen LogP contribution in [0.4, 0.5) is 0 Å². The molecule has 1 fully saturated rings. The van der Waals surface area contributed by atoms with Crippen LogP contribution in [0.3, 0.4) is 0 Å². The Bertz CT molecular complexity index is 459. The van der Waals surface area contributed by atoms with Crippen LogP contribution in [0.5, 0.6) is 0 Å². The lowest BCUT2D eigenvalue weighted by molar-refractivity contribution is -0.120. The minimum absolute atomic E-state index is 0.0202. The summed E-state index contributed by atoms with van der Waals surface area (Å²) in [6.45, 7) is 2.03. The van der Waals surface area contributed by atoms with Crippen molar-refractivity contribution in [3.05, 3.63) is 24.3 Å². The molecule has 1 aliphatic rings. The third-order valence-corrected chi connectivity index (χ3v) is 3.34. The molecule has 102 valence electrons. The zero-order valence-electron chi connectivity index (χ0n) is 11.0. The second-order valence-electron chi connectivity index (χ2n) is 4.75. The van der Waals surface area contributed by atoms with Crippen molar-refractivity contribution in [2.24, 2.45) is 5.14 Å². The zero-order chi connectivity index (χ0) is 13.6. The van der Waals surface area contributed by atoms with E-state index in [1.165, 1.54) is 11.6 Å². The third kappa shape index (κ3) is 6.02. The van der Waals surface area contributed by atoms with Crippen molar-refractivity contribution in [3.8, 4) is 0 Å². The van der Waals surface area contributed by atoms with Gasteiger partial charge in [0.05, 0.1) is 5.54 Å². The second-order valence-corrected chi connectivity index (χ2v) is 6.96. The van der Waals surface area contributed by atoms with E-state index in [1.54, 1.807) is 6.08 Å². The monoisotopic (exact) mass is 270 g/mol. The molecule has 0 heterocycles. The number of nitrogens with two attached hydrogens (primary N) is 1. The molecule has 1 saturated carbocycles. The average Bonchev–Trinajstić information content (AvgIpc) is 2.96. The van der Waals surface area contributed by atoms with Gasteiger partial charge < -0.3 is 5.32 Å². The van der Waals surface area contributed by atoms with Crippen molar-refractivity contribution in [2.45, 2.75) is 38.1 Å². The zero-order valence-corrected chi connectivity index (χ0v) is 11.8. The predicted octanol–water partition coefficient (Wildman–Crippen LogP) is 1.14. The van der Waals surface area contributed by atoms with Crippen molar-refractivity contribution in [1.29, 1.82) is 0 Å². The number of hydrogen-bond acceptors (Lipinski definition) is 2. The Morgan fingerprint density at radius 3 is 2.61 bits per heavy atom. The topological polar surface area (TPSA) is 72.2 Å². The van der Waals surface area contributed by atoms with E-state index < -0.39 is 9.71 Å². The summed E-state index contributed by atoms with van der Waals surface area (Å²) in [7, 11) is -2.35. The molecule has 0 aromatic heterocycles. The minimum Gasteiger partial charge on any atom is -0.347 e. The van der Waals surface area contributed by atoms with E-state index >= 15 is 0 Å². The largest absolute Gasteiger partial charge is 0.347 e. The van der Waals surface area contributed by atoms with Crippen LogP contribution in [0, 0.1) is 0 Å². The predicted molar refractivity (Wildman–Crippen MR) is 77.6 cm³/mol. The van der Waals surface area contributed by atoms with Gasteiger partial charge in [-0.15, -0.1) is 0 Å². The van der Waals surface area contributed by atoms with Crippen molar-refractivity contribution >= 4 is 21.0 Å². The number of allylic oxidation sites excluding steroid dienone is 2. The Kier molecular flexibility index (Phi) is 5.16. The first-order valence-corrected chi connectivity index (χ1v) is 8.22. The number of nitrogens with one attached hydrogen (secondary N) is 1. The van der Waals surface area contributed by atoms with Crippen LogP contribution in [0.15, 0.2) is 24.3 Å². The molecule has 3 N–H and O–H groups in total.